The maximum Gasteiger partial charge on any atom is 0.255 e. The fourth-order valence-electron chi connectivity index (χ4n) is 2.92. The Kier molecular flexibility index (Phi) is 6.67. The zero-order chi connectivity index (χ0) is 23.7. The van der Waals surface area contributed by atoms with Gasteiger partial charge in [0, 0.05) is 22.1 Å². The van der Waals surface area contributed by atoms with E-state index in [1.807, 2.05) is 0 Å². The Morgan fingerprint density at radius 3 is 2.56 bits per heavy atom. The number of rotatable bonds is 6. The fraction of sp³-hybridized carbons (Fsp3) is 0.409. The standard InChI is InChI=1S/C22H24ClN5O3S/c1-21(2,3)19(31)25-15-9-13(23)5-6-14(15)16-10-18(30)28(20(26-16)32-4)11-17(29)27-22(12-24)7-8-22/h5-6,9-10H,7-8,11H2,1-4H3,(H,25,31)(H,27,29). The van der Waals surface area contributed by atoms with Gasteiger partial charge in [0.05, 0.1) is 17.5 Å². The number of carbonyl (C=O) groups is 2. The van der Waals surface area contributed by atoms with Gasteiger partial charge in [0.25, 0.3) is 5.56 Å². The first-order valence-electron chi connectivity index (χ1n) is 9.97. The third-order valence-corrected chi connectivity index (χ3v) is 5.90. The second kappa shape index (κ2) is 8.96. The predicted octanol–water partition coefficient (Wildman–Crippen LogP) is 3.44. The molecule has 2 N–H and O–H groups in total. The first-order valence-corrected chi connectivity index (χ1v) is 11.6. The topological polar surface area (TPSA) is 117 Å². The van der Waals surface area contributed by atoms with Gasteiger partial charge < -0.3 is 10.6 Å². The molecule has 0 atom stereocenters. The predicted molar refractivity (Wildman–Crippen MR) is 125 cm³/mol. The summed E-state index contributed by atoms with van der Waals surface area (Å²) in [6, 6.07) is 8.36. The third kappa shape index (κ3) is 5.31. The van der Waals surface area contributed by atoms with Crippen LogP contribution in [0.2, 0.25) is 5.02 Å². The Morgan fingerprint density at radius 1 is 1.31 bits per heavy atom. The van der Waals surface area contributed by atoms with Crippen LogP contribution in [0.1, 0.15) is 33.6 Å². The summed E-state index contributed by atoms with van der Waals surface area (Å²) in [5, 5.41) is 15.5. The van der Waals surface area contributed by atoms with Crippen LogP contribution in [0, 0.1) is 16.7 Å². The molecule has 168 valence electrons. The lowest BCUT2D eigenvalue weighted by molar-refractivity contribution is -0.123. The lowest BCUT2D eigenvalue weighted by Crippen LogP contribution is -2.40. The Labute approximate surface area is 195 Å². The van der Waals surface area contributed by atoms with E-state index in [0.717, 1.165) is 0 Å². The van der Waals surface area contributed by atoms with Gasteiger partial charge in [-0.05, 0) is 37.3 Å². The van der Waals surface area contributed by atoms with Crippen LogP contribution >= 0.6 is 23.4 Å². The molecule has 0 aliphatic heterocycles. The zero-order valence-electron chi connectivity index (χ0n) is 18.3. The van der Waals surface area contributed by atoms with E-state index in [9.17, 15) is 14.4 Å². The van der Waals surface area contributed by atoms with Crippen molar-refractivity contribution in [3.05, 3.63) is 39.6 Å². The molecular weight excluding hydrogens is 450 g/mol. The Hall–Kier alpha value is -2.83. The quantitative estimate of drug-likeness (QED) is 0.490. The van der Waals surface area contributed by atoms with Crippen molar-refractivity contribution in [3.63, 3.8) is 0 Å². The molecule has 0 spiro atoms. The van der Waals surface area contributed by atoms with Gasteiger partial charge >= 0.3 is 0 Å². The molecule has 0 unspecified atom stereocenters. The molecule has 8 nitrogen and oxygen atoms in total. The normalized spacial score (nSPS) is 14.4. The summed E-state index contributed by atoms with van der Waals surface area (Å²) in [4.78, 5) is 42.4. The fourth-order valence-corrected chi connectivity index (χ4v) is 3.65. The van der Waals surface area contributed by atoms with Gasteiger partial charge in [-0.25, -0.2) is 4.98 Å². The second-order valence-corrected chi connectivity index (χ2v) is 9.90. The summed E-state index contributed by atoms with van der Waals surface area (Å²) in [6.07, 6.45) is 2.97. The van der Waals surface area contributed by atoms with Crippen molar-refractivity contribution in [1.29, 1.82) is 5.26 Å². The van der Waals surface area contributed by atoms with Crippen LogP contribution in [-0.2, 0) is 16.1 Å². The molecule has 1 aliphatic rings. The summed E-state index contributed by atoms with van der Waals surface area (Å²) < 4.78 is 1.26. The molecule has 1 aliphatic carbocycles. The number of amides is 2. The first kappa shape index (κ1) is 23.8. The van der Waals surface area contributed by atoms with Gasteiger partial charge in [0.15, 0.2) is 5.16 Å². The number of carbonyl (C=O) groups excluding carboxylic acids is 2. The van der Waals surface area contributed by atoms with Gasteiger partial charge in [0.1, 0.15) is 12.1 Å². The highest BCUT2D eigenvalue weighted by molar-refractivity contribution is 7.98. The van der Waals surface area contributed by atoms with E-state index in [0.29, 0.717) is 40.0 Å². The van der Waals surface area contributed by atoms with Crippen LogP contribution in [0.3, 0.4) is 0 Å². The zero-order valence-corrected chi connectivity index (χ0v) is 19.9. The van der Waals surface area contributed by atoms with E-state index in [-0.39, 0.29) is 12.5 Å². The number of thioether (sulfide) groups is 1. The maximum atomic E-state index is 12.9. The highest BCUT2D eigenvalue weighted by Gasteiger charge is 2.44. The van der Waals surface area contributed by atoms with E-state index in [1.54, 1.807) is 45.2 Å². The van der Waals surface area contributed by atoms with Crippen LogP contribution in [0.5, 0.6) is 0 Å². The minimum atomic E-state index is -0.808. The molecule has 1 heterocycles. The minimum Gasteiger partial charge on any atom is -0.336 e. The Morgan fingerprint density at radius 2 is 2.00 bits per heavy atom. The smallest absolute Gasteiger partial charge is 0.255 e. The van der Waals surface area contributed by atoms with Crippen molar-refractivity contribution in [3.8, 4) is 17.3 Å². The van der Waals surface area contributed by atoms with Gasteiger partial charge in [-0.2, -0.15) is 5.26 Å². The van der Waals surface area contributed by atoms with E-state index < -0.39 is 22.4 Å². The van der Waals surface area contributed by atoms with Crippen molar-refractivity contribution in [2.45, 2.75) is 50.9 Å². The SMILES string of the molecule is CSc1nc(-c2ccc(Cl)cc2NC(=O)C(C)(C)C)cc(=O)n1CC(=O)NC1(C#N)CC1. The molecule has 2 amide bonds. The summed E-state index contributed by atoms with van der Waals surface area (Å²) in [5.41, 5.74) is -0.519. The maximum absolute atomic E-state index is 12.9. The van der Waals surface area contributed by atoms with E-state index >= 15 is 0 Å². The van der Waals surface area contributed by atoms with Crippen LogP contribution < -0.4 is 16.2 Å². The van der Waals surface area contributed by atoms with Crippen molar-refractivity contribution in [2.24, 2.45) is 5.41 Å². The monoisotopic (exact) mass is 473 g/mol. The molecular formula is C22H24ClN5O3S. The minimum absolute atomic E-state index is 0.206. The van der Waals surface area contributed by atoms with Crippen LogP contribution in [-0.4, -0.2) is 33.2 Å². The second-order valence-electron chi connectivity index (χ2n) is 8.69. The molecule has 2 aromatic rings. The highest BCUT2D eigenvalue weighted by atomic mass is 35.5. The number of nitriles is 1. The molecule has 10 heteroatoms. The van der Waals surface area contributed by atoms with Gasteiger partial charge in [0.2, 0.25) is 11.8 Å². The number of nitrogens with one attached hydrogen (secondary N) is 2. The van der Waals surface area contributed by atoms with Crippen molar-refractivity contribution in [2.75, 3.05) is 11.6 Å². The molecule has 1 aromatic heterocycles. The van der Waals surface area contributed by atoms with Crippen LogP contribution in [0.4, 0.5) is 5.69 Å². The van der Waals surface area contributed by atoms with E-state index in [4.69, 9.17) is 16.9 Å². The van der Waals surface area contributed by atoms with Crippen molar-refractivity contribution >= 4 is 40.9 Å². The average Bonchev–Trinajstić information content (AvgIpc) is 3.48. The number of nitrogens with zero attached hydrogens (tertiary/aromatic N) is 3. The largest absolute Gasteiger partial charge is 0.336 e. The molecule has 0 saturated heterocycles. The van der Waals surface area contributed by atoms with E-state index in [1.165, 1.54) is 22.4 Å². The van der Waals surface area contributed by atoms with Crippen molar-refractivity contribution < 1.29 is 9.59 Å². The number of halogens is 1. The number of aromatic nitrogens is 2. The van der Waals surface area contributed by atoms with Gasteiger partial charge in [-0.1, -0.05) is 44.1 Å². The number of hydrogen-bond donors (Lipinski definition) is 2. The van der Waals surface area contributed by atoms with E-state index in [2.05, 4.69) is 21.7 Å². The summed E-state index contributed by atoms with van der Waals surface area (Å²) >= 11 is 7.36. The lowest BCUT2D eigenvalue weighted by Gasteiger charge is -2.20. The number of benzene rings is 1. The first-order chi connectivity index (χ1) is 15.0. The molecule has 1 aromatic carbocycles. The Bertz CT molecular complexity index is 1180. The molecule has 32 heavy (non-hydrogen) atoms. The lowest BCUT2D eigenvalue weighted by atomic mass is 9.95. The Balaban J connectivity index is 1.96. The summed E-state index contributed by atoms with van der Waals surface area (Å²) in [7, 11) is 0. The summed E-state index contributed by atoms with van der Waals surface area (Å²) in [5.74, 6) is -0.622. The van der Waals surface area contributed by atoms with Crippen LogP contribution in [0.25, 0.3) is 11.3 Å². The average molecular weight is 474 g/mol. The molecule has 0 bridgehead atoms. The number of anilines is 1. The van der Waals surface area contributed by atoms with Gasteiger partial charge in [-0.3, -0.25) is 19.0 Å². The third-order valence-electron chi connectivity index (χ3n) is 4.99. The molecule has 1 saturated carbocycles. The number of hydrogen-bond acceptors (Lipinski definition) is 6. The van der Waals surface area contributed by atoms with Crippen LogP contribution in [0.15, 0.2) is 34.2 Å². The molecule has 3 rings (SSSR count). The molecule has 0 radical (unpaired) electrons. The highest BCUT2D eigenvalue weighted by Crippen LogP contribution is 2.34. The summed E-state index contributed by atoms with van der Waals surface area (Å²) in [6.45, 7) is 5.14. The van der Waals surface area contributed by atoms with Gasteiger partial charge in [-0.15, -0.1) is 0 Å². The molecule has 1 fully saturated rings. The van der Waals surface area contributed by atoms with Crippen molar-refractivity contribution in [1.82, 2.24) is 14.9 Å².